The standard InChI is InChI=1S/C5H11O.C3H8O2S.C2H4O2.7C2H5.2BrH.ClH.8Hg.H3O4P/c1-3-5-6-4-2;4-1-3(5)2-6;1-2(3)4;7*1-2;;;;;;;;;;;;1-5(2,3)4/h1,3-5H2,2H3;3-6H,1-2H2;1H3,(H,3,4);7*1H2,2H3;3*1H;;;;;;;;;(H3,1,2,3,4)/q;;;;;;;;;;;;;8*+1;/p-8. The topological polar surface area (TPSA) is 176 Å². The van der Waals surface area contributed by atoms with Crippen molar-refractivity contribution in [3.8, 4) is 0 Å². The molecule has 0 rings (SSSR count). The molecule has 9 nitrogen and oxygen atoms in total. The van der Waals surface area contributed by atoms with Crippen LogP contribution in [0.1, 0.15) is 68.7 Å². The van der Waals surface area contributed by atoms with Crippen LogP contribution in [0, 0.1) is 0 Å². The van der Waals surface area contributed by atoms with Crippen LogP contribution in [0.4, 0.5) is 0 Å². The number of carbonyl (C=O) groups excluding carboxylic acids is 1. The summed E-state index contributed by atoms with van der Waals surface area (Å²) in [5, 5.41) is 25.2. The first-order chi connectivity index (χ1) is 21.4. The van der Waals surface area contributed by atoms with Crippen molar-refractivity contribution < 1.29 is 242 Å². The quantitative estimate of drug-likeness (QED) is 0.132. The van der Waals surface area contributed by atoms with Crippen LogP contribution < -0.4 is 19.8 Å². The molecule has 0 bridgehead atoms. The van der Waals surface area contributed by atoms with Crippen LogP contribution in [-0.2, 0) is 225 Å². The van der Waals surface area contributed by atoms with Gasteiger partial charge in [-0.2, -0.15) is 7.82 Å². The maximum Gasteiger partial charge on any atom is 0.0672 e. The van der Waals surface area contributed by atoms with Crippen molar-refractivity contribution in [1.82, 2.24) is 0 Å². The minimum Gasteiger partial charge on any atom is -0.822 e. The molecule has 0 aromatic rings. The molecule has 2 N–H and O–H groups in total. The second kappa shape index (κ2) is 105. The first-order valence-electron chi connectivity index (χ1n) is 15.4. The molecular formula is C24H56Br2ClHg8O9PS. The van der Waals surface area contributed by atoms with Gasteiger partial charge < -0.3 is 52.0 Å². The van der Waals surface area contributed by atoms with E-state index in [-0.39, 0.29) is 34.5 Å². The molecule has 46 heavy (non-hydrogen) atoms. The maximum atomic E-state index is 8.89. The van der Waals surface area contributed by atoms with Crippen molar-refractivity contribution in [3.05, 3.63) is 0 Å². The van der Waals surface area contributed by atoms with Gasteiger partial charge in [-0.1, -0.05) is 0 Å². The summed E-state index contributed by atoms with van der Waals surface area (Å²) >= 11 is 15.3. The van der Waals surface area contributed by atoms with E-state index in [2.05, 4.69) is 84.9 Å². The number of aliphatic carboxylic acids is 1. The van der Waals surface area contributed by atoms with Gasteiger partial charge in [0.2, 0.25) is 0 Å². The van der Waals surface area contributed by atoms with Gasteiger partial charge >= 0.3 is 341 Å². The van der Waals surface area contributed by atoms with Gasteiger partial charge in [0.25, 0.3) is 0 Å². The zero-order chi connectivity index (χ0) is 39.7. The zero-order valence-corrected chi connectivity index (χ0v) is 80.3. The van der Waals surface area contributed by atoms with Crippen molar-refractivity contribution in [3.63, 3.8) is 0 Å². The number of hydrogen-bond acceptors (Lipinski definition) is 10. The molecule has 0 heterocycles. The summed E-state index contributed by atoms with van der Waals surface area (Å²) < 4.78 is 25.1. The number of hydrogen-bond donors (Lipinski definition) is 2. The first kappa shape index (κ1) is 82.5. The summed E-state index contributed by atoms with van der Waals surface area (Å²) in [5.74, 6) is -0.865. The van der Waals surface area contributed by atoms with Crippen molar-refractivity contribution in [1.29, 1.82) is 0 Å². The molecule has 0 saturated heterocycles. The summed E-state index contributed by atoms with van der Waals surface area (Å²) in [4.78, 5) is 34.5. The van der Waals surface area contributed by atoms with Gasteiger partial charge in [-0.3, -0.25) is 0 Å². The minimum absolute atomic E-state index is 0.219. The number of carboxylic acids is 1. The van der Waals surface area contributed by atoms with Gasteiger partial charge in [0, 0.05) is 5.97 Å². The largest absolute Gasteiger partial charge is 0.822 e. The molecule has 1 unspecified atom stereocenters. The van der Waals surface area contributed by atoms with Crippen LogP contribution in [0.25, 0.3) is 0 Å². The van der Waals surface area contributed by atoms with Crippen molar-refractivity contribution >= 4 is 58.5 Å². The number of aliphatic hydroxyl groups is 2. The molecule has 1 atom stereocenters. The van der Waals surface area contributed by atoms with Gasteiger partial charge in [-0.25, -0.2) is 0 Å². The summed E-state index contributed by atoms with van der Waals surface area (Å²) in [5.41, 5.74) is 0. The zero-order valence-electron chi connectivity index (χ0n) is 30.7. The summed E-state index contributed by atoms with van der Waals surface area (Å²) in [6, 6.07) is 0. The molecule has 0 saturated carbocycles. The molecule has 0 aromatic heterocycles. The van der Waals surface area contributed by atoms with E-state index < -0.39 is 65.4 Å². The van der Waals surface area contributed by atoms with E-state index in [9.17, 15) is 0 Å². The number of rotatable bonds is 9. The van der Waals surface area contributed by atoms with E-state index in [0.29, 0.717) is 0 Å². The number of halogens is 3. The third kappa shape index (κ3) is 366. The van der Waals surface area contributed by atoms with Crippen molar-refractivity contribution in [2.75, 3.05) is 25.6 Å². The van der Waals surface area contributed by atoms with Crippen LogP contribution in [0.15, 0.2) is 0 Å². The van der Waals surface area contributed by atoms with Crippen LogP contribution in [0.5, 0.6) is 0 Å². The third-order valence-corrected chi connectivity index (χ3v) is 23.2. The minimum atomic E-state index is -5.39. The van der Waals surface area contributed by atoms with Crippen LogP contribution in [0.3, 0.4) is 0 Å². The Hall–Kier alpha value is 8.54. The number of aliphatic hydroxyl groups excluding tert-OH is 2. The van der Waals surface area contributed by atoms with E-state index in [1.54, 1.807) is 0 Å². The van der Waals surface area contributed by atoms with Gasteiger partial charge in [-0.05, 0) is 6.92 Å². The van der Waals surface area contributed by atoms with E-state index in [1.165, 1.54) is 37.9 Å². The van der Waals surface area contributed by atoms with Crippen LogP contribution in [-0.4, -0.2) is 47.9 Å². The predicted octanol–water partition coefficient (Wildman–Crippen LogP) is 5.38. The number of carbonyl (C=O) groups is 1. The molecule has 0 fully saturated rings. The van der Waals surface area contributed by atoms with Gasteiger partial charge in [-0.15, -0.1) is 5.75 Å². The van der Waals surface area contributed by atoms with E-state index in [4.69, 9.17) is 52.3 Å². The van der Waals surface area contributed by atoms with Crippen molar-refractivity contribution in [2.45, 2.75) is 106 Å². The summed E-state index contributed by atoms with van der Waals surface area (Å²) in [6.07, 6.45) is 0.584. The van der Waals surface area contributed by atoms with E-state index >= 15 is 0 Å². The van der Waals surface area contributed by atoms with Crippen LogP contribution >= 0.6 is 39.9 Å². The fourth-order valence-corrected chi connectivity index (χ4v) is 5.61. The summed E-state index contributed by atoms with van der Waals surface area (Å²) in [7, 11) is 0.0193. The molecule has 0 aliphatic heterocycles. The average molecular weight is 2350 g/mol. The number of carboxylic acid groups (broad SMARTS) is 1. The Morgan fingerprint density at radius 2 is 1.11 bits per heavy atom. The van der Waals surface area contributed by atoms with Crippen LogP contribution in [0.2, 0.25) is 31.4 Å². The molecular weight excluding hydrogens is 2300 g/mol. The number of phosphoric acid groups is 1. The molecule has 0 aromatic carbocycles. The first-order valence-corrected chi connectivity index (χ1v) is 79.1. The average Bonchev–Trinajstić information content (AvgIpc) is 2.96. The third-order valence-electron chi connectivity index (χ3n) is 1.66. The van der Waals surface area contributed by atoms with Gasteiger partial charge in [0.1, 0.15) is 0 Å². The van der Waals surface area contributed by atoms with E-state index in [1.807, 2.05) is 6.92 Å². The van der Waals surface area contributed by atoms with Crippen molar-refractivity contribution in [2.24, 2.45) is 0 Å². The molecule has 254 valence electrons. The van der Waals surface area contributed by atoms with E-state index in [0.717, 1.165) is 151 Å². The maximum absolute atomic E-state index is 8.89. The summed E-state index contributed by atoms with van der Waals surface area (Å²) in [6.45, 7) is 20.1. The smallest absolute Gasteiger partial charge is 0.0672 e. The normalized spacial score (nSPS) is 8.26. The second-order valence-electron chi connectivity index (χ2n) is 7.41. The molecule has 0 aliphatic carbocycles. The number of ether oxygens (including phenoxy) is 1. The Morgan fingerprint density at radius 3 is 1.20 bits per heavy atom. The molecule has 0 spiro atoms. The SMILES string of the molecule is CC(=O)[O-].CCOCC[CH2][Hg][Br].C[CH2][Hg+].C[CH2][Hg+].C[CH2][Hg+].C[CH2][Hg+].C[CH2][Hg+].C[CH2][Hg][Br].C[CH2][Hg][Cl].O=P([O-])([O-])[O-].OCC(O)C[S-]. The fourth-order valence-electron chi connectivity index (χ4n) is 0.496. The fraction of sp³-hybridized carbons (Fsp3) is 0.958. The van der Waals surface area contributed by atoms with Gasteiger partial charge in [0.15, 0.2) is 0 Å². The Balaban J connectivity index is -0.0000000332. The monoisotopic (exact) mass is 2360 g/mol. The Bertz CT molecular complexity index is 404. The van der Waals surface area contributed by atoms with Gasteiger partial charge in [0.05, 0.1) is 12.7 Å². The Morgan fingerprint density at radius 1 is 0.870 bits per heavy atom. The molecule has 0 amide bonds. The Labute approximate surface area is 423 Å². The Kier molecular flexibility index (Phi) is 188. The molecule has 22 heteroatoms. The molecule has 0 aliphatic rings. The molecule has 0 radical (unpaired) electrons. The predicted molar refractivity (Wildman–Crippen MR) is 167 cm³/mol. The second-order valence-corrected chi connectivity index (χ2v) is 60.2.